The highest BCUT2D eigenvalue weighted by Gasteiger charge is 2.45. The molecule has 0 bridgehead atoms. The van der Waals surface area contributed by atoms with Crippen molar-refractivity contribution in [2.24, 2.45) is 11.7 Å². The number of rotatable bonds is 4. The number of nitrogens with zero attached hydrogens (tertiary/aromatic N) is 1. The number of nitrogens with two attached hydrogens (primary N) is 1. The van der Waals surface area contributed by atoms with Crippen molar-refractivity contribution in [3.05, 3.63) is 0 Å². The van der Waals surface area contributed by atoms with Crippen molar-refractivity contribution in [3.63, 3.8) is 0 Å². The molecule has 1 saturated carbocycles. The molecule has 3 N–H and O–H groups in total. The topological polar surface area (TPSA) is 75.8 Å². The Kier molecular flexibility index (Phi) is 3.70. The molecule has 1 saturated heterocycles. The Labute approximate surface area is 102 Å². The van der Waals surface area contributed by atoms with E-state index >= 15 is 0 Å². The fourth-order valence-corrected chi connectivity index (χ4v) is 3.12. The van der Waals surface area contributed by atoms with Crippen molar-refractivity contribution in [3.8, 4) is 0 Å². The maximum atomic E-state index is 11.1. The predicted octanol–water partition coefficient (Wildman–Crippen LogP) is 0.289. The van der Waals surface area contributed by atoms with Crippen LogP contribution >= 0.6 is 0 Å². The molecular weight excluding hydrogens is 220 g/mol. The molecule has 2 rings (SSSR count). The Hall–Kier alpha value is -0.650. The Bertz CT molecular complexity index is 297. The molecule has 2 fully saturated rings. The molecule has 1 aliphatic heterocycles. The van der Waals surface area contributed by atoms with E-state index in [2.05, 4.69) is 4.90 Å². The van der Waals surface area contributed by atoms with Gasteiger partial charge in [0.25, 0.3) is 0 Å². The highest BCUT2D eigenvalue weighted by Crippen LogP contribution is 2.34. The van der Waals surface area contributed by atoms with Crippen LogP contribution in [0, 0.1) is 5.92 Å². The van der Waals surface area contributed by atoms with E-state index in [1.165, 1.54) is 0 Å². The molecule has 1 heterocycles. The van der Waals surface area contributed by atoms with E-state index in [9.17, 15) is 4.79 Å². The molecule has 0 amide bonds. The van der Waals surface area contributed by atoms with Crippen LogP contribution in [0.1, 0.15) is 25.7 Å². The molecule has 17 heavy (non-hydrogen) atoms. The van der Waals surface area contributed by atoms with Crippen molar-refractivity contribution in [2.75, 3.05) is 26.8 Å². The second-order valence-electron chi connectivity index (χ2n) is 5.46. The van der Waals surface area contributed by atoms with E-state index in [0.717, 1.165) is 32.5 Å². The van der Waals surface area contributed by atoms with Gasteiger partial charge in [-0.2, -0.15) is 0 Å². The summed E-state index contributed by atoms with van der Waals surface area (Å²) < 4.78 is 5.17. The number of methoxy groups -OCH3 is 1. The number of likely N-dealkylation sites (tertiary alicyclic amines) is 1. The quantitative estimate of drug-likeness (QED) is 0.741. The number of carbonyl (C=O) groups is 1. The normalized spacial score (nSPS) is 38.7. The van der Waals surface area contributed by atoms with Crippen LogP contribution in [-0.4, -0.2) is 54.4 Å². The van der Waals surface area contributed by atoms with E-state index in [-0.39, 0.29) is 0 Å². The van der Waals surface area contributed by atoms with Crippen LogP contribution in [0.5, 0.6) is 0 Å². The van der Waals surface area contributed by atoms with Gasteiger partial charge in [0.15, 0.2) is 0 Å². The maximum absolute atomic E-state index is 11.1. The van der Waals surface area contributed by atoms with E-state index in [0.29, 0.717) is 24.8 Å². The zero-order chi connectivity index (χ0) is 12.5. The van der Waals surface area contributed by atoms with Gasteiger partial charge in [-0.15, -0.1) is 0 Å². The van der Waals surface area contributed by atoms with Crippen LogP contribution in [-0.2, 0) is 9.53 Å². The molecule has 0 radical (unpaired) electrons. The molecule has 0 aromatic carbocycles. The SMILES string of the molecule is COCC1CCN(C2CCC(N)(C(=O)O)C2)C1. The van der Waals surface area contributed by atoms with Crippen molar-refractivity contribution in [2.45, 2.75) is 37.3 Å². The van der Waals surface area contributed by atoms with E-state index in [1.54, 1.807) is 7.11 Å². The summed E-state index contributed by atoms with van der Waals surface area (Å²) in [6, 6.07) is 0.345. The Morgan fingerprint density at radius 3 is 2.94 bits per heavy atom. The summed E-state index contributed by atoms with van der Waals surface area (Å²) in [6.45, 7) is 2.87. The first-order valence-corrected chi connectivity index (χ1v) is 6.30. The van der Waals surface area contributed by atoms with Gasteiger partial charge in [0.2, 0.25) is 0 Å². The summed E-state index contributed by atoms with van der Waals surface area (Å²) in [5.41, 5.74) is 4.91. The van der Waals surface area contributed by atoms with Crippen LogP contribution in [0.25, 0.3) is 0 Å². The first kappa shape index (κ1) is 12.8. The van der Waals surface area contributed by atoms with Gasteiger partial charge < -0.3 is 15.6 Å². The van der Waals surface area contributed by atoms with E-state index in [4.69, 9.17) is 15.6 Å². The fraction of sp³-hybridized carbons (Fsp3) is 0.917. The summed E-state index contributed by atoms with van der Waals surface area (Å²) in [5.74, 6) is -0.259. The van der Waals surface area contributed by atoms with Crippen molar-refractivity contribution in [1.29, 1.82) is 0 Å². The minimum atomic E-state index is -0.996. The first-order chi connectivity index (χ1) is 8.05. The van der Waals surface area contributed by atoms with Gasteiger partial charge in [-0.1, -0.05) is 0 Å². The average molecular weight is 242 g/mol. The van der Waals surface area contributed by atoms with Gasteiger partial charge in [0, 0.05) is 19.7 Å². The van der Waals surface area contributed by atoms with Crippen molar-refractivity contribution < 1.29 is 14.6 Å². The molecule has 5 heteroatoms. The second-order valence-corrected chi connectivity index (χ2v) is 5.46. The monoisotopic (exact) mass is 242 g/mol. The van der Waals surface area contributed by atoms with Gasteiger partial charge in [-0.05, 0) is 38.1 Å². The average Bonchev–Trinajstić information content (AvgIpc) is 2.86. The summed E-state index contributed by atoms with van der Waals surface area (Å²) in [5, 5.41) is 9.11. The van der Waals surface area contributed by atoms with Crippen LogP contribution in [0.3, 0.4) is 0 Å². The summed E-state index contributed by atoms with van der Waals surface area (Å²) >= 11 is 0. The van der Waals surface area contributed by atoms with Crippen molar-refractivity contribution in [1.82, 2.24) is 4.90 Å². The Morgan fingerprint density at radius 2 is 2.35 bits per heavy atom. The lowest BCUT2D eigenvalue weighted by atomic mass is 9.99. The van der Waals surface area contributed by atoms with Crippen LogP contribution in [0.15, 0.2) is 0 Å². The maximum Gasteiger partial charge on any atom is 0.323 e. The van der Waals surface area contributed by atoms with Crippen molar-refractivity contribution >= 4 is 5.97 Å². The predicted molar refractivity (Wildman–Crippen MR) is 63.7 cm³/mol. The molecule has 3 atom stereocenters. The smallest absolute Gasteiger partial charge is 0.323 e. The van der Waals surface area contributed by atoms with Gasteiger partial charge >= 0.3 is 5.97 Å². The summed E-state index contributed by atoms with van der Waals surface area (Å²) in [4.78, 5) is 13.5. The number of ether oxygens (including phenoxy) is 1. The van der Waals surface area contributed by atoms with E-state index in [1.807, 2.05) is 0 Å². The number of hydrogen-bond acceptors (Lipinski definition) is 4. The number of carboxylic acids is 1. The molecule has 0 spiro atoms. The molecule has 2 aliphatic rings. The highest BCUT2D eigenvalue weighted by molar-refractivity contribution is 5.79. The lowest BCUT2D eigenvalue weighted by molar-refractivity contribution is -0.143. The minimum Gasteiger partial charge on any atom is -0.480 e. The molecule has 3 unspecified atom stereocenters. The third-order valence-electron chi connectivity index (χ3n) is 4.19. The Balaban J connectivity index is 1.88. The van der Waals surface area contributed by atoms with Gasteiger partial charge in [-0.3, -0.25) is 9.69 Å². The first-order valence-electron chi connectivity index (χ1n) is 6.30. The zero-order valence-electron chi connectivity index (χ0n) is 10.4. The van der Waals surface area contributed by atoms with Crippen LogP contribution < -0.4 is 5.73 Å². The Morgan fingerprint density at radius 1 is 1.59 bits per heavy atom. The lowest BCUT2D eigenvalue weighted by Gasteiger charge is -2.25. The summed E-state index contributed by atoms with van der Waals surface area (Å²) in [7, 11) is 1.73. The zero-order valence-corrected chi connectivity index (χ0v) is 10.4. The number of carboxylic acid groups (broad SMARTS) is 1. The molecular formula is C12H22N2O3. The third-order valence-corrected chi connectivity index (χ3v) is 4.19. The highest BCUT2D eigenvalue weighted by atomic mass is 16.5. The molecule has 1 aliphatic carbocycles. The van der Waals surface area contributed by atoms with Crippen LogP contribution in [0.2, 0.25) is 0 Å². The molecule has 0 aromatic rings. The molecule has 98 valence electrons. The summed E-state index contributed by atoms with van der Waals surface area (Å²) in [6.07, 6.45) is 3.23. The lowest BCUT2D eigenvalue weighted by Crippen LogP contribution is -2.47. The second kappa shape index (κ2) is 4.92. The van der Waals surface area contributed by atoms with Gasteiger partial charge in [0.05, 0.1) is 6.61 Å². The van der Waals surface area contributed by atoms with E-state index < -0.39 is 11.5 Å². The minimum absolute atomic E-state index is 0.345. The van der Waals surface area contributed by atoms with Gasteiger partial charge in [0.1, 0.15) is 5.54 Å². The fourth-order valence-electron chi connectivity index (χ4n) is 3.12. The molecule has 5 nitrogen and oxygen atoms in total. The number of hydrogen-bond donors (Lipinski definition) is 2. The van der Waals surface area contributed by atoms with Gasteiger partial charge in [-0.25, -0.2) is 0 Å². The third kappa shape index (κ3) is 2.61. The van der Waals surface area contributed by atoms with Crippen LogP contribution in [0.4, 0.5) is 0 Å². The largest absolute Gasteiger partial charge is 0.480 e. The molecule has 0 aromatic heterocycles. The number of aliphatic carboxylic acids is 1. The standard InChI is InChI=1S/C12H22N2O3/c1-17-8-9-3-5-14(7-9)10-2-4-12(13,6-10)11(15)16/h9-10H,2-8,13H2,1H3,(H,15,16).